The van der Waals surface area contributed by atoms with Crippen LogP contribution in [0.5, 0.6) is 0 Å². The Morgan fingerprint density at radius 2 is 2.26 bits per heavy atom. The molecule has 0 spiro atoms. The standard InChI is InChI=1S/C20H22N2O3S2/c1-13-19(23)21-17-10-14(6-7-18(17)27-13)20(24)22(11-15-4-2-8-25-15)12-16-5-3-9-26-16/h3,5-7,9-10,13,15H,2,4,8,11-12H2,1H3,(H,21,23). The lowest BCUT2D eigenvalue weighted by atomic mass is 10.1. The summed E-state index contributed by atoms with van der Waals surface area (Å²) in [4.78, 5) is 29.2. The van der Waals surface area contributed by atoms with Gasteiger partial charge < -0.3 is 15.0 Å². The predicted octanol–water partition coefficient (Wildman–Crippen LogP) is 4.00. The second-order valence-electron chi connectivity index (χ2n) is 6.86. The molecular formula is C20H22N2O3S2. The van der Waals surface area contributed by atoms with Gasteiger partial charge in [0.05, 0.1) is 23.6 Å². The molecule has 1 fully saturated rings. The number of thioether (sulfide) groups is 1. The first-order valence-electron chi connectivity index (χ1n) is 9.15. The highest BCUT2D eigenvalue weighted by Gasteiger charge is 2.27. The molecule has 2 atom stereocenters. The Balaban J connectivity index is 1.56. The molecule has 1 aromatic carbocycles. The number of hydrogen-bond acceptors (Lipinski definition) is 5. The monoisotopic (exact) mass is 402 g/mol. The molecule has 2 amide bonds. The average Bonchev–Trinajstić information content (AvgIpc) is 3.35. The number of amides is 2. The van der Waals surface area contributed by atoms with Crippen LogP contribution in [0.4, 0.5) is 5.69 Å². The third kappa shape index (κ3) is 4.20. The lowest BCUT2D eigenvalue weighted by Gasteiger charge is -2.26. The fraction of sp³-hybridized carbons (Fsp3) is 0.400. The topological polar surface area (TPSA) is 58.6 Å². The van der Waals surface area contributed by atoms with Gasteiger partial charge in [-0.1, -0.05) is 6.07 Å². The van der Waals surface area contributed by atoms with E-state index < -0.39 is 0 Å². The molecule has 0 bridgehead atoms. The highest BCUT2D eigenvalue weighted by molar-refractivity contribution is 8.00. The first-order chi connectivity index (χ1) is 13.1. The molecule has 2 unspecified atom stereocenters. The molecule has 0 aliphatic carbocycles. The second-order valence-corrected chi connectivity index (χ2v) is 9.28. The van der Waals surface area contributed by atoms with Crippen LogP contribution in [0.3, 0.4) is 0 Å². The second kappa shape index (κ2) is 8.04. The largest absolute Gasteiger partial charge is 0.376 e. The average molecular weight is 403 g/mol. The van der Waals surface area contributed by atoms with Crippen molar-refractivity contribution in [2.45, 2.75) is 42.6 Å². The molecular weight excluding hydrogens is 380 g/mol. The van der Waals surface area contributed by atoms with Crippen LogP contribution < -0.4 is 5.32 Å². The quantitative estimate of drug-likeness (QED) is 0.821. The minimum absolute atomic E-state index is 0.0214. The minimum Gasteiger partial charge on any atom is -0.376 e. The van der Waals surface area contributed by atoms with Gasteiger partial charge in [0.1, 0.15) is 0 Å². The van der Waals surface area contributed by atoms with Crippen molar-refractivity contribution in [3.63, 3.8) is 0 Å². The van der Waals surface area contributed by atoms with Gasteiger partial charge in [-0.25, -0.2) is 0 Å². The molecule has 0 radical (unpaired) electrons. The van der Waals surface area contributed by atoms with E-state index in [1.807, 2.05) is 41.5 Å². The molecule has 0 saturated carbocycles. The van der Waals surface area contributed by atoms with Gasteiger partial charge in [0.2, 0.25) is 5.91 Å². The van der Waals surface area contributed by atoms with Crippen LogP contribution in [0.2, 0.25) is 0 Å². The zero-order chi connectivity index (χ0) is 18.8. The maximum Gasteiger partial charge on any atom is 0.254 e. The lowest BCUT2D eigenvalue weighted by molar-refractivity contribution is -0.115. The van der Waals surface area contributed by atoms with Gasteiger partial charge in [-0.2, -0.15) is 0 Å². The van der Waals surface area contributed by atoms with Crippen LogP contribution in [-0.4, -0.2) is 41.2 Å². The lowest BCUT2D eigenvalue weighted by Crippen LogP contribution is -2.37. The summed E-state index contributed by atoms with van der Waals surface area (Å²) >= 11 is 3.17. The number of fused-ring (bicyclic) bond motifs is 1. The number of carbonyl (C=O) groups excluding carboxylic acids is 2. The van der Waals surface area contributed by atoms with Gasteiger partial charge in [0, 0.05) is 28.5 Å². The van der Waals surface area contributed by atoms with Gasteiger partial charge in [-0.3, -0.25) is 9.59 Å². The van der Waals surface area contributed by atoms with E-state index in [9.17, 15) is 9.59 Å². The van der Waals surface area contributed by atoms with E-state index in [4.69, 9.17) is 4.74 Å². The van der Waals surface area contributed by atoms with Gasteiger partial charge in [0.15, 0.2) is 0 Å². The number of nitrogens with one attached hydrogen (secondary N) is 1. The third-order valence-electron chi connectivity index (χ3n) is 4.82. The number of anilines is 1. The summed E-state index contributed by atoms with van der Waals surface area (Å²) in [6.45, 7) is 3.82. The molecule has 3 heterocycles. The highest BCUT2D eigenvalue weighted by atomic mass is 32.2. The summed E-state index contributed by atoms with van der Waals surface area (Å²) in [6.07, 6.45) is 2.14. The number of ether oxygens (including phenoxy) is 1. The Hall–Kier alpha value is -1.83. The summed E-state index contributed by atoms with van der Waals surface area (Å²) in [7, 11) is 0. The van der Waals surface area contributed by atoms with E-state index in [1.54, 1.807) is 17.4 Å². The maximum atomic E-state index is 13.2. The molecule has 2 aromatic rings. The zero-order valence-electron chi connectivity index (χ0n) is 15.1. The Labute approximate surface area is 167 Å². The predicted molar refractivity (Wildman–Crippen MR) is 108 cm³/mol. The molecule has 2 aliphatic rings. The molecule has 27 heavy (non-hydrogen) atoms. The normalized spacial score (nSPS) is 21.6. The van der Waals surface area contributed by atoms with Crippen LogP contribution in [0.1, 0.15) is 35.0 Å². The van der Waals surface area contributed by atoms with Crippen LogP contribution in [0, 0.1) is 0 Å². The Morgan fingerprint density at radius 3 is 3.00 bits per heavy atom. The fourth-order valence-electron chi connectivity index (χ4n) is 3.37. The van der Waals surface area contributed by atoms with Crippen molar-refractivity contribution in [3.8, 4) is 0 Å². The molecule has 7 heteroatoms. The molecule has 1 aromatic heterocycles. The van der Waals surface area contributed by atoms with E-state index >= 15 is 0 Å². The summed E-state index contributed by atoms with van der Waals surface area (Å²) in [5.41, 5.74) is 1.32. The molecule has 1 N–H and O–H groups in total. The van der Waals surface area contributed by atoms with Gasteiger partial charge in [0.25, 0.3) is 5.91 Å². The van der Waals surface area contributed by atoms with Crippen molar-refractivity contribution in [2.24, 2.45) is 0 Å². The summed E-state index contributed by atoms with van der Waals surface area (Å²) < 4.78 is 5.75. The van der Waals surface area contributed by atoms with Gasteiger partial charge in [-0.05, 0) is 49.4 Å². The van der Waals surface area contributed by atoms with E-state index in [0.29, 0.717) is 18.7 Å². The van der Waals surface area contributed by atoms with Crippen LogP contribution in [0.25, 0.3) is 0 Å². The number of rotatable bonds is 5. The summed E-state index contributed by atoms with van der Waals surface area (Å²) in [6, 6.07) is 9.63. The van der Waals surface area contributed by atoms with Crippen molar-refractivity contribution in [1.82, 2.24) is 4.90 Å². The molecule has 4 rings (SSSR count). The van der Waals surface area contributed by atoms with Crippen molar-refractivity contribution >= 4 is 40.6 Å². The maximum absolute atomic E-state index is 13.2. The number of carbonyl (C=O) groups is 2. The van der Waals surface area contributed by atoms with Gasteiger partial charge >= 0.3 is 0 Å². The number of hydrogen-bond donors (Lipinski definition) is 1. The van der Waals surface area contributed by atoms with Crippen molar-refractivity contribution in [1.29, 1.82) is 0 Å². The summed E-state index contributed by atoms with van der Waals surface area (Å²) in [5, 5.41) is 4.82. The molecule has 2 aliphatic heterocycles. The molecule has 5 nitrogen and oxygen atoms in total. The number of thiophene rings is 1. The van der Waals surface area contributed by atoms with Crippen molar-refractivity contribution in [3.05, 3.63) is 46.2 Å². The van der Waals surface area contributed by atoms with E-state index in [0.717, 1.165) is 34.9 Å². The van der Waals surface area contributed by atoms with E-state index in [2.05, 4.69) is 5.32 Å². The van der Waals surface area contributed by atoms with Crippen molar-refractivity contribution in [2.75, 3.05) is 18.5 Å². The fourth-order valence-corrected chi connectivity index (χ4v) is 5.02. The van der Waals surface area contributed by atoms with Crippen LogP contribution >= 0.6 is 23.1 Å². The first-order valence-corrected chi connectivity index (χ1v) is 10.9. The molecule has 1 saturated heterocycles. The Bertz CT molecular complexity index is 832. The molecule has 142 valence electrons. The van der Waals surface area contributed by atoms with Crippen LogP contribution in [-0.2, 0) is 16.1 Å². The van der Waals surface area contributed by atoms with E-state index in [-0.39, 0.29) is 23.2 Å². The van der Waals surface area contributed by atoms with Crippen molar-refractivity contribution < 1.29 is 14.3 Å². The highest BCUT2D eigenvalue weighted by Crippen LogP contribution is 2.36. The third-order valence-corrected chi connectivity index (χ3v) is 6.86. The number of nitrogens with zero attached hydrogens (tertiary/aromatic N) is 1. The van der Waals surface area contributed by atoms with Gasteiger partial charge in [-0.15, -0.1) is 23.1 Å². The zero-order valence-corrected chi connectivity index (χ0v) is 16.8. The summed E-state index contributed by atoms with van der Waals surface area (Å²) in [5.74, 6) is -0.0496. The Kier molecular flexibility index (Phi) is 5.52. The van der Waals surface area contributed by atoms with E-state index in [1.165, 1.54) is 11.8 Å². The Morgan fingerprint density at radius 1 is 1.37 bits per heavy atom. The van der Waals surface area contributed by atoms with Crippen LogP contribution in [0.15, 0.2) is 40.6 Å². The first kappa shape index (κ1) is 18.5. The smallest absolute Gasteiger partial charge is 0.254 e. The SMILES string of the molecule is CC1Sc2ccc(C(=O)N(Cc3cccs3)CC3CCCO3)cc2NC1=O. The number of benzene rings is 1. The minimum atomic E-state index is -0.117.